The normalized spacial score (nSPS) is 11.2. The highest BCUT2D eigenvalue weighted by Crippen LogP contribution is 2.29. The fourth-order valence-electron chi connectivity index (χ4n) is 1.94. The molecule has 0 bridgehead atoms. The van der Waals surface area contributed by atoms with Crippen molar-refractivity contribution in [2.24, 2.45) is 0 Å². The first-order valence-corrected chi connectivity index (χ1v) is 6.94. The molecule has 0 amide bonds. The van der Waals surface area contributed by atoms with Gasteiger partial charge in [-0.15, -0.1) is 0 Å². The van der Waals surface area contributed by atoms with E-state index in [4.69, 9.17) is 23.8 Å². The van der Waals surface area contributed by atoms with Crippen molar-refractivity contribution in [1.29, 1.82) is 0 Å². The number of hydrogen-bond acceptors (Lipinski definition) is 4. The summed E-state index contributed by atoms with van der Waals surface area (Å²) in [5.74, 6) is 0. The highest BCUT2D eigenvalue weighted by molar-refractivity contribution is 7.71. The minimum atomic E-state index is 0.620. The molecule has 0 aliphatic carbocycles. The molecule has 3 rings (SSSR count). The van der Waals surface area contributed by atoms with Crippen molar-refractivity contribution in [3.8, 4) is 5.69 Å². The molecular weight excluding hydrogens is 288 g/mol. The van der Waals surface area contributed by atoms with Gasteiger partial charge in [-0.3, -0.25) is 4.57 Å². The van der Waals surface area contributed by atoms with Gasteiger partial charge in [0, 0.05) is 11.9 Å². The van der Waals surface area contributed by atoms with Gasteiger partial charge in [0.15, 0.2) is 4.77 Å². The molecule has 0 aliphatic rings. The van der Waals surface area contributed by atoms with Crippen molar-refractivity contribution in [3.63, 3.8) is 0 Å². The van der Waals surface area contributed by atoms with E-state index in [1.807, 2.05) is 22.9 Å². The maximum atomic E-state index is 6.31. The zero-order valence-electron chi connectivity index (χ0n) is 9.48. The van der Waals surface area contributed by atoms with E-state index in [0.717, 1.165) is 28.8 Å². The molecule has 0 fully saturated rings. The number of nitrogens with one attached hydrogen (secondary N) is 1. The van der Waals surface area contributed by atoms with E-state index < -0.39 is 0 Å². The molecule has 2 heterocycles. The molecule has 1 aromatic carbocycles. The summed E-state index contributed by atoms with van der Waals surface area (Å²) in [6.07, 6.45) is 2.76. The zero-order chi connectivity index (χ0) is 12.7. The number of aryl methyl sites for hydroxylation is 1. The highest BCUT2D eigenvalue weighted by Gasteiger charge is 2.15. The van der Waals surface area contributed by atoms with E-state index >= 15 is 0 Å². The summed E-state index contributed by atoms with van der Waals surface area (Å²) in [5.41, 5.74) is 3.51. The summed E-state index contributed by atoms with van der Waals surface area (Å²) in [6.45, 7) is 2.07. The van der Waals surface area contributed by atoms with Crippen LogP contribution in [0.25, 0.3) is 16.7 Å². The molecule has 7 heteroatoms. The summed E-state index contributed by atoms with van der Waals surface area (Å²) < 4.78 is 11.1. The third kappa shape index (κ3) is 1.68. The van der Waals surface area contributed by atoms with Crippen LogP contribution in [0.3, 0.4) is 0 Å². The molecule has 0 radical (unpaired) electrons. The van der Waals surface area contributed by atoms with Gasteiger partial charge in [-0.2, -0.15) is 8.75 Å². The minimum absolute atomic E-state index is 0.620. The molecule has 3 aromatic rings. The fourth-order valence-corrected chi connectivity index (χ4v) is 2.98. The molecule has 0 aliphatic heterocycles. The molecule has 1 N–H and O–H groups in total. The smallest absolute Gasteiger partial charge is 0.182 e. The molecule has 18 heavy (non-hydrogen) atoms. The highest BCUT2D eigenvalue weighted by atomic mass is 35.5. The number of aromatic amines is 1. The number of H-pyrrole nitrogens is 1. The summed E-state index contributed by atoms with van der Waals surface area (Å²) in [7, 11) is 0. The average Bonchev–Trinajstić information content (AvgIpc) is 2.96. The van der Waals surface area contributed by atoms with E-state index in [1.54, 1.807) is 0 Å². The topological polar surface area (TPSA) is 46.5 Å². The van der Waals surface area contributed by atoms with Gasteiger partial charge >= 0.3 is 0 Å². The standard InChI is InChI=1S/C11H9ClN4S2/c1-2-6-5-13-11(17)16(6)10-7(12)3-4-8-9(10)15-18-14-8/h3-5H,2H2,1H3,(H,13,17). The Bertz CT molecular complexity index is 771. The van der Waals surface area contributed by atoms with Crippen LogP contribution >= 0.6 is 35.5 Å². The predicted octanol–water partition coefficient (Wildman–Crippen LogP) is 3.76. The Kier molecular flexibility index (Phi) is 2.93. The third-order valence-corrected chi connectivity index (χ3v) is 3.94. The van der Waals surface area contributed by atoms with E-state index in [2.05, 4.69) is 20.7 Å². The van der Waals surface area contributed by atoms with E-state index in [-0.39, 0.29) is 0 Å². The van der Waals surface area contributed by atoms with E-state index in [1.165, 1.54) is 11.7 Å². The van der Waals surface area contributed by atoms with Crippen LogP contribution in [-0.4, -0.2) is 18.3 Å². The number of aromatic nitrogens is 4. The number of fused-ring (bicyclic) bond motifs is 1. The first-order valence-electron chi connectivity index (χ1n) is 5.42. The van der Waals surface area contributed by atoms with Crippen molar-refractivity contribution >= 4 is 46.6 Å². The van der Waals surface area contributed by atoms with Gasteiger partial charge in [0.25, 0.3) is 0 Å². The van der Waals surface area contributed by atoms with E-state index in [9.17, 15) is 0 Å². The summed E-state index contributed by atoms with van der Waals surface area (Å²) in [6, 6.07) is 3.70. The van der Waals surface area contributed by atoms with E-state index in [0.29, 0.717) is 9.79 Å². The number of hydrogen-bond donors (Lipinski definition) is 1. The maximum absolute atomic E-state index is 6.31. The molecule has 0 atom stereocenters. The lowest BCUT2D eigenvalue weighted by Gasteiger charge is -2.09. The minimum Gasteiger partial charge on any atom is -0.337 e. The number of imidazole rings is 1. The second-order valence-electron chi connectivity index (χ2n) is 3.80. The van der Waals surface area contributed by atoms with Crippen molar-refractivity contribution in [1.82, 2.24) is 18.3 Å². The second-order valence-corrected chi connectivity index (χ2v) is 5.12. The number of halogens is 1. The van der Waals surface area contributed by atoms with Crippen LogP contribution in [0.5, 0.6) is 0 Å². The van der Waals surface area contributed by atoms with Gasteiger partial charge in [-0.1, -0.05) is 18.5 Å². The lowest BCUT2D eigenvalue weighted by Crippen LogP contribution is -2.01. The van der Waals surface area contributed by atoms with Gasteiger partial charge in [0.2, 0.25) is 0 Å². The monoisotopic (exact) mass is 296 g/mol. The van der Waals surface area contributed by atoms with Crippen molar-refractivity contribution < 1.29 is 0 Å². The van der Waals surface area contributed by atoms with Gasteiger partial charge < -0.3 is 4.98 Å². The number of benzene rings is 1. The molecule has 2 aromatic heterocycles. The summed E-state index contributed by atoms with van der Waals surface area (Å²) in [5, 5.41) is 0.626. The average molecular weight is 297 g/mol. The fraction of sp³-hybridized carbons (Fsp3) is 0.182. The van der Waals surface area contributed by atoms with Crippen molar-refractivity contribution in [2.45, 2.75) is 13.3 Å². The Morgan fingerprint density at radius 3 is 3.06 bits per heavy atom. The molecule has 92 valence electrons. The van der Waals surface area contributed by atoms with Crippen LogP contribution in [0.1, 0.15) is 12.6 Å². The Morgan fingerprint density at radius 1 is 1.44 bits per heavy atom. The second kappa shape index (κ2) is 4.46. The van der Waals surface area contributed by atoms with Crippen LogP contribution in [0, 0.1) is 4.77 Å². The lowest BCUT2D eigenvalue weighted by atomic mass is 10.2. The maximum Gasteiger partial charge on any atom is 0.182 e. The van der Waals surface area contributed by atoms with Crippen LogP contribution < -0.4 is 0 Å². The van der Waals surface area contributed by atoms with Crippen LogP contribution in [0.4, 0.5) is 0 Å². The third-order valence-electron chi connectivity index (χ3n) is 2.79. The van der Waals surface area contributed by atoms with Crippen LogP contribution in [0.15, 0.2) is 18.3 Å². The van der Waals surface area contributed by atoms with Crippen molar-refractivity contribution in [3.05, 3.63) is 33.8 Å². The molecule has 4 nitrogen and oxygen atoms in total. The number of nitrogens with zero attached hydrogens (tertiary/aromatic N) is 3. The van der Waals surface area contributed by atoms with Crippen molar-refractivity contribution in [2.75, 3.05) is 0 Å². The quantitative estimate of drug-likeness (QED) is 0.733. The Morgan fingerprint density at radius 2 is 2.28 bits per heavy atom. The molecular formula is C11H9ClN4S2. The lowest BCUT2D eigenvalue weighted by molar-refractivity contribution is 0.927. The summed E-state index contributed by atoms with van der Waals surface area (Å²) in [4.78, 5) is 3.05. The van der Waals surface area contributed by atoms with Crippen LogP contribution in [-0.2, 0) is 6.42 Å². The molecule has 0 unspecified atom stereocenters. The predicted molar refractivity (Wildman–Crippen MR) is 76.3 cm³/mol. The van der Waals surface area contributed by atoms with Gasteiger partial charge in [-0.05, 0) is 30.8 Å². The van der Waals surface area contributed by atoms with Gasteiger partial charge in [-0.25, -0.2) is 0 Å². The summed E-state index contributed by atoms with van der Waals surface area (Å²) >= 11 is 12.8. The molecule has 0 saturated heterocycles. The van der Waals surface area contributed by atoms with Gasteiger partial charge in [0.05, 0.1) is 22.4 Å². The van der Waals surface area contributed by atoms with Crippen LogP contribution in [0.2, 0.25) is 5.02 Å². The number of rotatable bonds is 2. The Labute approximate surface area is 118 Å². The largest absolute Gasteiger partial charge is 0.337 e. The van der Waals surface area contributed by atoms with Gasteiger partial charge in [0.1, 0.15) is 11.0 Å². The zero-order valence-corrected chi connectivity index (χ0v) is 11.9. The first-order chi connectivity index (χ1) is 8.72. The Hall–Kier alpha value is -1.24. The Balaban J connectivity index is 2.44. The SMILES string of the molecule is CCc1c[nH]c(=S)n1-c1c(Cl)ccc2nsnc12. The first kappa shape index (κ1) is 11.8. The molecule has 0 spiro atoms. The molecule has 0 saturated carbocycles.